The van der Waals surface area contributed by atoms with Gasteiger partial charge in [-0.3, -0.25) is 4.79 Å². The van der Waals surface area contributed by atoms with Crippen molar-refractivity contribution in [2.24, 2.45) is 0 Å². The summed E-state index contributed by atoms with van der Waals surface area (Å²) in [4.78, 5) is 30.9. The lowest BCUT2D eigenvalue weighted by Gasteiger charge is -2.09. The van der Waals surface area contributed by atoms with Gasteiger partial charge < -0.3 is 4.98 Å². The molecule has 0 bridgehead atoms. The molecule has 124 valence electrons. The summed E-state index contributed by atoms with van der Waals surface area (Å²) in [5, 5.41) is 0.382. The van der Waals surface area contributed by atoms with Gasteiger partial charge in [-0.25, -0.2) is 15.0 Å². The average Bonchev–Trinajstić information content (AvgIpc) is 2.99. The van der Waals surface area contributed by atoms with Crippen LogP contribution in [0.2, 0.25) is 5.15 Å². The second kappa shape index (κ2) is 6.06. The summed E-state index contributed by atoms with van der Waals surface area (Å²) in [7, 11) is 0. The number of fused-ring (bicyclic) bond motifs is 1. The molecule has 0 aliphatic carbocycles. The number of hydrogen-bond donors (Lipinski definition) is 1. The second-order valence-electron chi connectivity index (χ2n) is 5.69. The van der Waals surface area contributed by atoms with E-state index in [1.807, 2.05) is 32.0 Å². The van der Waals surface area contributed by atoms with Gasteiger partial charge in [0.1, 0.15) is 10.8 Å². The van der Waals surface area contributed by atoms with Crippen LogP contribution in [-0.2, 0) is 0 Å². The SMILES string of the molecule is Cc1cc(-c2nc3c(=O)cc[nH]c3nc2-c2ccc(C)s2)cc(Cl)n1. The third kappa shape index (κ3) is 2.94. The molecule has 0 aliphatic rings. The maximum Gasteiger partial charge on any atom is 0.209 e. The number of halogens is 1. The summed E-state index contributed by atoms with van der Waals surface area (Å²) >= 11 is 7.76. The van der Waals surface area contributed by atoms with Gasteiger partial charge in [-0.1, -0.05) is 11.6 Å². The molecule has 0 spiro atoms. The van der Waals surface area contributed by atoms with Crippen molar-refractivity contribution in [3.05, 3.63) is 62.5 Å². The molecule has 7 heteroatoms. The quantitative estimate of drug-likeness (QED) is 0.533. The van der Waals surface area contributed by atoms with Crippen LogP contribution < -0.4 is 5.43 Å². The smallest absolute Gasteiger partial charge is 0.209 e. The van der Waals surface area contributed by atoms with Gasteiger partial charge in [0.2, 0.25) is 5.43 Å². The number of aromatic nitrogens is 4. The van der Waals surface area contributed by atoms with Crippen LogP contribution in [0, 0.1) is 13.8 Å². The maximum atomic E-state index is 12.2. The number of aromatic amines is 1. The number of thiophene rings is 1. The van der Waals surface area contributed by atoms with E-state index in [1.54, 1.807) is 23.6 Å². The number of rotatable bonds is 2. The molecule has 4 rings (SSSR count). The third-order valence-electron chi connectivity index (χ3n) is 3.75. The molecular formula is C18H13ClN4OS. The lowest BCUT2D eigenvalue weighted by Crippen LogP contribution is -2.06. The number of nitrogens with one attached hydrogen (secondary N) is 1. The summed E-state index contributed by atoms with van der Waals surface area (Å²) in [5.41, 5.74) is 3.51. The van der Waals surface area contributed by atoms with Crippen LogP contribution >= 0.6 is 22.9 Å². The molecular weight excluding hydrogens is 356 g/mol. The van der Waals surface area contributed by atoms with Crippen LogP contribution in [0.3, 0.4) is 0 Å². The van der Waals surface area contributed by atoms with E-state index in [0.29, 0.717) is 27.7 Å². The number of aryl methyl sites for hydroxylation is 2. The number of pyridine rings is 2. The van der Waals surface area contributed by atoms with Crippen molar-refractivity contribution < 1.29 is 0 Å². The van der Waals surface area contributed by atoms with E-state index in [9.17, 15) is 4.79 Å². The molecule has 0 fully saturated rings. The fourth-order valence-electron chi connectivity index (χ4n) is 2.68. The third-order valence-corrected chi connectivity index (χ3v) is 4.95. The Morgan fingerprint density at radius 1 is 1.04 bits per heavy atom. The minimum absolute atomic E-state index is 0.173. The predicted octanol–water partition coefficient (Wildman–Crippen LogP) is 4.38. The molecule has 4 heterocycles. The summed E-state index contributed by atoms with van der Waals surface area (Å²) in [6, 6.07) is 9.12. The Morgan fingerprint density at radius 3 is 2.60 bits per heavy atom. The fraction of sp³-hybridized carbons (Fsp3) is 0.111. The van der Waals surface area contributed by atoms with Crippen molar-refractivity contribution in [3.63, 3.8) is 0 Å². The van der Waals surface area contributed by atoms with E-state index in [4.69, 9.17) is 11.6 Å². The van der Waals surface area contributed by atoms with E-state index >= 15 is 0 Å². The Kier molecular flexibility index (Phi) is 3.86. The molecule has 5 nitrogen and oxygen atoms in total. The van der Waals surface area contributed by atoms with E-state index in [0.717, 1.165) is 16.1 Å². The highest BCUT2D eigenvalue weighted by atomic mass is 35.5. The first-order valence-electron chi connectivity index (χ1n) is 7.62. The Hall–Kier alpha value is -2.57. The Bertz CT molecular complexity index is 1150. The summed E-state index contributed by atoms with van der Waals surface area (Å²) in [6.07, 6.45) is 1.58. The lowest BCUT2D eigenvalue weighted by molar-refractivity contribution is 1.18. The first kappa shape index (κ1) is 15.9. The summed E-state index contributed by atoms with van der Waals surface area (Å²) in [6.45, 7) is 3.91. The maximum absolute atomic E-state index is 12.2. The van der Waals surface area contributed by atoms with Gasteiger partial charge in [-0.2, -0.15) is 0 Å². The van der Waals surface area contributed by atoms with Gasteiger partial charge in [0.25, 0.3) is 0 Å². The average molecular weight is 369 g/mol. The Morgan fingerprint density at radius 2 is 1.88 bits per heavy atom. The van der Waals surface area contributed by atoms with E-state index in [-0.39, 0.29) is 5.43 Å². The first-order valence-corrected chi connectivity index (χ1v) is 8.81. The van der Waals surface area contributed by atoms with E-state index < -0.39 is 0 Å². The van der Waals surface area contributed by atoms with Crippen LogP contribution in [0.1, 0.15) is 10.6 Å². The number of hydrogen-bond acceptors (Lipinski definition) is 5. The zero-order valence-electron chi connectivity index (χ0n) is 13.5. The van der Waals surface area contributed by atoms with Crippen LogP contribution in [0.5, 0.6) is 0 Å². The van der Waals surface area contributed by atoms with Crippen molar-refractivity contribution in [1.82, 2.24) is 19.9 Å². The normalized spacial score (nSPS) is 11.2. The molecule has 4 aromatic heterocycles. The van der Waals surface area contributed by atoms with Gasteiger partial charge in [0, 0.05) is 28.4 Å². The summed E-state index contributed by atoms with van der Waals surface area (Å²) in [5.74, 6) is 0. The molecule has 0 radical (unpaired) electrons. The minimum atomic E-state index is -0.173. The van der Waals surface area contributed by atoms with Crippen LogP contribution in [0.15, 0.2) is 41.3 Å². The van der Waals surface area contributed by atoms with E-state index in [1.165, 1.54) is 10.9 Å². The standard InChI is InChI=1S/C18H13ClN4OS/c1-9-7-11(8-14(19)21-9)15-17(13-4-3-10(2)25-13)23-18-16(22-15)12(24)5-6-20-18/h3-8H,1-2H3,(H,20,23,24). The second-order valence-corrected chi connectivity index (χ2v) is 7.37. The van der Waals surface area contributed by atoms with Gasteiger partial charge in [0.05, 0.1) is 10.6 Å². The molecule has 0 aromatic carbocycles. The fourth-order valence-corrected chi connectivity index (χ4v) is 3.79. The number of nitrogens with zero attached hydrogens (tertiary/aromatic N) is 3. The molecule has 0 unspecified atom stereocenters. The highest BCUT2D eigenvalue weighted by molar-refractivity contribution is 7.15. The molecule has 0 saturated carbocycles. The lowest BCUT2D eigenvalue weighted by atomic mass is 10.1. The predicted molar refractivity (Wildman–Crippen MR) is 101 cm³/mol. The highest BCUT2D eigenvalue weighted by Gasteiger charge is 2.17. The molecule has 25 heavy (non-hydrogen) atoms. The van der Waals surface area contributed by atoms with Gasteiger partial charge in [0.15, 0.2) is 11.2 Å². The molecule has 0 aliphatic heterocycles. The van der Waals surface area contributed by atoms with Crippen LogP contribution in [0.4, 0.5) is 0 Å². The van der Waals surface area contributed by atoms with Crippen molar-refractivity contribution in [2.75, 3.05) is 0 Å². The van der Waals surface area contributed by atoms with Crippen molar-refractivity contribution in [3.8, 4) is 21.8 Å². The zero-order chi connectivity index (χ0) is 17.6. The van der Waals surface area contributed by atoms with Crippen molar-refractivity contribution in [1.29, 1.82) is 0 Å². The van der Waals surface area contributed by atoms with Crippen molar-refractivity contribution >= 4 is 34.1 Å². The molecule has 4 aromatic rings. The van der Waals surface area contributed by atoms with Gasteiger partial charge in [-0.15, -0.1) is 11.3 Å². The van der Waals surface area contributed by atoms with Gasteiger partial charge in [-0.05, 0) is 38.1 Å². The molecule has 0 atom stereocenters. The Balaban J connectivity index is 2.09. The van der Waals surface area contributed by atoms with Gasteiger partial charge >= 0.3 is 0 Å². The van der Waals surface area contributed by atoms with Crippen LogP contribution in [-0.4, -0.2) is 19.9 Å². The molecule has 0 amide bonds. The first-order chi connectivity index (χ1) is 12.0. The van der Waals surface area contributed by atoms with Crippen molar-refractivity contribution in [2.45, 2.75) is 13.8 Å². The number of H-pyrrole nitrogens is 1. The van der Waals surface area contributed by atoms with E-state index in [2.05, 4.69) is 19.9 Å². The largest absolute Gasteiger partial charge is 0.345 e. The topological polar surface area (TPSA) is 71.5 Å². The minimum Gasteiger partial charge on any atom is -0.345 e. The zero-order valence-corrected chi connectivity index (χ0v) is 15.1. The van der Waals surface area contributed by atoms with Crippen LogP contribution in [0.25, 0.3) is 33.0 Å². The highest BCUT2D eigenvalue weighted by Crippen LogP contribution is 2.34. The summed E-state index contributed by atoms with van der Waals surface area (Å²) < 4.78 is 0. The monoisotopic (exact) mass is 368 g/mol. The molecule has 0 saturated heterocycles. The Labute approximate surface area is 152 Å². The molecule has 1 N–H and O–H groups in total.